The minimum absolute atomic E-state index is 0.200. The van der Waals surface area contributed by atoms with Crippen molar-refractivity contribution in [2.24, 2.45) is 0 Å². The highest BCUT2D eigenvalue weighted by Gasteiger charge is 2.13. The van der Waals surface area contributed by atoms with Gasteiger partial charge in [-0.2, -0.15) is 0 Å². The molecule has 0 unspecified atom stereocenters. The van der Waals surface area contributed by atoms with Crippen LogP contribution >= 0.6 is 0 Å². The molecule has 3 nitrogen and oxygen atoms in total. The molecule has 1 aromatic heterocycles. The summed E-state index contributed by atoms with van der Waals surface area (Å²) in [5.41, 5.74) is 3.14. The predicted molar refractivity (Wildman–Crippen MR) is 71.1 cm³/mol. The van der Waals surface area contributed by atoms with Gasteiger partial charge in [-0.3, -0.25) is 4.79 Å². The van der Waals surface area contributed by atoms with Crippen molar-refractivity contribution in [2.45, 2.75) is 13.8 Å². The molecule has 92 valence electrons. The van der Waals surface area contributed by atoms with Crippen LogP contribution in [0.2, 0.25) is 0 Å². The fourth-order valence-electron chi connectivity index (χ4n) is 1.80. The standard InChI is InChI=1S/C15H15NO2/c1-10-6-4-5-7-13(10)11(2)16-15(17)14-8-9-18-12(14)3/h4-9H,2H2,1,3H3,(H,16,17). The largest absolute Gasteiger partial charge is 0.469 e. The van der Waals surface area contributed by atoms with E-state index in [4.69, 9.17) is 4.42 Å². The van der Waals surface area contributed by atoms with E-state index in [0.29, 0.717) is 17.0 Å². The molecule has 18 heavy (non-hydrogen) atoms. The molecule has 1 N–H and O–H groups in total. The van der Waals surface area contributed by atoms with Gasteiger partial charge in [0.25, 0.3) is 5.91 Å². The lowest BCUT2D eigenvalue weighted by Crippen LogP contribution is -2.21. The molecule has 0 aliphatic carbocycles. The van der Waals surface area contributed by atoms with E-state index in [-0.39, 0.29) is 5.91 Å². The summed E-state index contributed by atoms with van der Waals surface area (Å²) < 4.78 is 5.11. The zero-order valence-corrected chi connectivity index (χ0v) is 10.5. The van der Waals surface area contributed by atoms with Gasteiger partial charge in [-0.15, -0.1) is 0 Å². The molecule has 2 aromatic rings. The third-order valence-electron chi connectivity index (χ3n) is 2.84. The number of rotatable bonds is 3. The fraction of sp³-hybridized carbons (Fsp3) is 0.133. The van der Waals surface area contributed by atoms with Gasteiger partial charge in [0, 0.05) is 11.3 Å². The molecule has 0 saturated carbocycles. The molecule has 0 aliphatic rings. The van der Waals surface area contributed by atoms with Gasteiger partial charge >= 0.3 is 0 Å². The Morgan fingerprint density at radius 1 is 1.17 bits per heavy atom. The smallest absolute Gasteiger partial charge is 0.259 e. The van der Waals surface area contributed by atoms with Crippen LogP contribution in [0, 0.1) is 13.8 Å². The van der Waals surface area contributed by atoms with Gasteiger partial charge in [-0.1, -0.05) is 30.8 Å². The fourth-order valence-corrected chi connectivity index (χ4v) is 1.80. The van der Waals surface area contributed by atoms with Crippen molar-refractivity contribution >= 4 is 11.6 Å². The van der Waals surface area contributed by atoms with Crippen molar-refractivity contribution in [2.75, 3.05) is 0 Å². The van der Waals surface area contributed by atoms with Gasteiger partial charge in [0.05, 0.1) is 11.8 Å². The number of carbonyl (C=O) groups excluding carboxylic acids is 1. The van der Waals surface area contributed by atoms with Crippen LogP contribution in [-0.2, 0) is 0 Å². The van der Waals surface area contributed by atoms with Crippen LogP contribution in [-0.4, -0.2) is 5.91 Å². The average molecular weight is 241 g/mol. The maximum Gasteiger partial charge on any atom is 0.259 e. The molecular formula is C15H15NO2. The van der Waals surface area contributed by atoms with E-state index >= 15 is 0 Å². The molecule has 1 heterocycles. The van der Waals surface area contributed by atoms with E-state index in [1.54, 1.807) is 13.0 Å². The number of hydrogen-bond acceptors (Lipinski definition) is 2. The number of nitrogens with one attached hydrogen (secondary N) is 1. The normalized spacial score (nSPS) is 10.1. The molecule has 0 atom stereocenters. The molecule has 0 saturated heterocycles. The zero-order valence-electron chi connectivity index (χ0n) is 10.5. The van der Waals surface area contributed by atoms with Gasteiger partial charge < -0.3 is 9.73 Å². The molecule has 0 bridgehead atoms. The van der Waals surface area contributed by atoms with Crippen molar-refractivity contribution in [3.05, 3.63) is 65.6 Å². The third kappa shape index (κ3) is 2.35. The highest BCUT2D eigenvalue weighted by Crippen LogP contribution is 2.16. The van der Waals surface area contributed by atoms with Gasteiger partial charge in [0.15, 0.2) is 0 Å². The molecule has 0 radical (unpaired) electrons. The lowest BCUT2D eigenvalue weighted by molar-refractivity contribution is 0.0972. The Hall–Kier alpha value is -2.29. The molecule has 2 rings (SSSR count). The summed E-state index contributed by atoms with van der Waals surface area (Å²) in [7, 11) is 0. The molecule has 0 spiro atoms. The second-order valence-corrected chi connectivity index (χ2v) is 4.14. The molecule has 0 fully saturated rings. The summed E-state index contributed by atoms with van der Waals surface area (Å²) >= 11 is 0. The Bertz CT molecular complexity index is 596. The van der Waals surface area contributed by atoms with E-state index in [0.717, 1.165) is 11.1 Å². The summed E-state index contributed by atoms with van der Waals surface area (Å²) in [6, 6.07) is 9.43. The van der Waals surface area contributed by atoms with Crippen LogP contribution in [0.5, 0.6) is 0 Å². The molecule has 1 aromatic carbocycles. The van der Waals surface area contributed by atoms with Crippen molar-refractivity contribution in [3.8, 4) is 0 Å². The third-order valence-corrected chi connectivity index (χ3v) is 2.84. The first-order chi connectivity index (χ1) is 8.59. The first kappa shape index (κ1) is 12.2. The number of benzene rings is 1. The molecule has 3 heteroatoms. The van der Waals surface area contributed by atoms with Crippen LogP contribution in [0.3, 0.4) is 0 Å². The topological polar surface area (TPSA) is 42.2 Å². The predicted octanol–water partition coefficient (Wildman–Crippen LogP) is 3.30. The first-order valence-corrected chi connectivity index (χ1v) is 5.70. The van der Waals surface area contributed by atoms with Gasteiger partial charge in [0.2, 0.25) is 0 Å². The number of hydrogen-bond donors (Lipinski definition) is 1. The Balaban J connectivity index is 2.16. The second kappa shape index (κ2) is 4.92. The number of furan rings is 1. The van der Waals surface area contributed by atoms with Gasteiger partial charge in [-0.25, -0.2) is 0 Å². The highest BCUT2D eigenvalue weighted by atomic mass is 16.3. The summed E-state index contributed by atoms with van der Waals surface area (Å²) in [5, 5.41) is 2.79. The van der Waals surface area contributed by atoms with E-state index in [1.165, 1.54) is 6.26 Å². The lowest BCUT2D eigenvalue weighted by atomic mass is 10.1. The average Bonchev–Trinajstić information content (AvgIpc) is 2.76. The summed E-state index contributed by atoms with van der Waals surface area (Å²) in [4.78, 5) is 12.0. The Labute approximate surface area is 106 Å². The monoisotopic (exact) mass is 241 g/mol. The highest BCUT2D eigenvalue weighted by molar-refractivity contribution is 6.00. The van der Waals surface area contributed by atoms with Crippen LogP contribution in [0.1, 0.15) is 27.2 Å². The number of amides is 1. The van der Waals surface area contributed by atoms with Crippen LogP contribution in [0.4, 0.5) is 0 Å². The van der Waals surface area contributed by atoms with Crippen molar-refractivity contribution in [1.82, 2.24) is 5.32 Å². The van der Waals surface area contributed by atoms with Crippen molar-refractivity contribution in [3.63, 3.8) is 0 Å². The summed E-state index contributed by atoms with van der Waals surface area (Å²) in [6.45, 7) is 7.64. The Morgan fingerprint density at radius 2 is 1.89 bits per heavy atom. The van der Waals surface area contributed by atoms with Crippen LogP contribution in [0.15, 0.2) is 47.6 Å². The number of aryl methyl sites for hydroxylation is 2. The lowest BCUT2D eigenvalue weighted by Gasteiger charge is -2.10. The Kier molecular flexibility index (Phi) is 3.33. The maximum absolute atomic E-state index is 12.0. The van der Waals surface area contributed by atoms with Crippen LogP contribution < -0.4 is 5.32 Å². The quantitative estimate of drug-likeness (QED) is 0.895. The van der Waals surface area contributed by atoms with E-state index < -0.39 is 0 Å². The van der Waals surface area contributed by atoms with E-state index in [1.807, 2.05) is 31.2 Å². The molecule has 1 amide bonds. The summed E-state index contributed by atoms with van der Waals surface area (Å²) in [5.74, 6) is 0.402. The Morgan fingerprint density at radius 3 is 2.50 bits per heavy atom. The maximum atomic E-state index is 12.0. The first-order valence-electron chi connectivity index (χ1n) is 5.70. The van der Waals surface area contributed by atoms with E-state index in [9.17, 15) is 4.79 Å². The SMILES string of the molecule is C=C(NC(=O)c1ccoc1C)c1ccccc1C. The number of carbonyl (C=O) groups is 1. The molecular weight excluding hydrogens is 226 g/mol. The zero-order chi connectivity index (χ0) is 13.1. The second-order valence-electron chi connectivity index (χ2n) is 4.14. The summed E-state index contributed by atoms with van der Waals surface area (Å²) in [6.07, 6.45) is 1.50. The minimum atomic E-state index is -0.200. The van der Waals surface area contributed by atoms with Crippen molar-refractivity contribution < 1.29 is 9.21 Å². The van der Waals surface area contributed by atoms with Crippen LogP contribution in [0.25, 0.3) is 5.70 Å². The van der Waals surface area contributed by atoms with Gasteiger partial charge in [0.1, 0.15) is 5.76 Å². The minimum Gasteiger partial charge on any atom is -0.469 e. The van der Waals surface area contributed by atoms with E-state index in [2.05, 4.69) is 11.9 Å². The molecule has 0 aliphatic heterocycles. The van der Waals surface area contributed by atoms with Crippen molar-refractivity contribution in [1.29, 1.82) is 0 Å². The van der Waals surface area contributed by atoms with Gasteiger partial charge in [-0.05, 0) is 25.5 Å².